The molecule has 0 amide bonds. The molecule has 0 spiro atoms. The number of nitrogens with zero attached hydrogens (tertiary/aromatic N) is 1. The molecule has 1 heterocycles. The maximum Gasteiger partial charge on any atom is 0.420 e. The van der Waals surface area contributed by atoms with Crippen molar-refractivity contribution in [1.82, 2.24) is 5.16 Å². The molecule has 0 bridgehead atoms. The first-order valence-electron chi connectivity index (χ1n) is 5.03. The van der Waals surface area contributed by atoms with E-state index in [1.54, 1.807) is 0 Å². The van der Waals surface area contributed by atoms with Crippen LogP contribution < -0.4 is 0 Å². The molecule has 2 rings (SSSR count). The minimum absolute atomic E-state index is 0.341. The molecule has 0 unspecified atom stereocenters. The molecule has 1 aromatic carbocycles. The molecule has 0 aliphatic carbocycles. The van der Waals surface area contributed by atoms with Gasteiger partial charge in [0.05, 0.1) is 5.56 Å². The van der Waals surface area contributed by atoms with Gasteiger partial charge in [0.1, 0.15) is 17.1 Å². The fourth-order valence-corrected chi connectivity index (χ4v) is 1.53. The van der Waals surface area contributed by atoms with E-state index in [9.17, 15) is 28.2 Å². The van der Waals surface area contributed by atoms with Crippen LogP contribution in [0.15, 0.2) is 22.7 Å². The second-order valence-electron chi connectivity index (χ2n) is 3.77. The van der Waals surface area contributed by atoms with E-state index in [4.69, 9.17) is 5.11 Å². The smallest absolute Gasteiger partial charge is 0.420 e. The highest BCUT2D eigenvalue weighted by molar-refractivity contribution is 5.87. The quantitative estimate of drug-likeness (QED) is 0.734. The first-order chi connectivity index (χ1) is 9.20. The van der Waals surface area contributed by atoms with E-state index in [1.807, 2.05) is 0 Å². The van der Waals surface area contributed by atoms with Crippen LogP contribution >= 0.6 is 0 Å². The largest absolute Gasteiger partial charge is 0.508 e. The van der Waals surface area contributed by atoms with Crippen molar-refractivity contribution >= 4 is 5.97 Å². The lowest BCUT2D eigenvalue weighted by molar-refractivity contribution is -0.138. The summed E-state index contributed by atoms with van der Waals surface area (Å²) in [7, 11) is 0. The molecule has 0 atom stereocenters. The summed E-state index contributed by atoms with van der Waals surface area (Å²) in [4.78, 5) is 10.6. The number of halogens is 3. The number of phenols is 2. The molecule has 0 aliphatic rings. The molecule has 0 fully saturated rings. The Morgan fingerprint density at radius 1 is 1.20 bits per heavy atom. The Hall–Kier alpha value is -2.71. The van der Waals surface area contributed by atoms with Crippen molar-refractivity contribution in [3.05, 3.63) is 29.5 Å². The molecule has 106 valence electrons. The molecule has 0 radical (unpaired) electrons. The van der Waals surface area contributed by atoms with Crippen LogP contribution in [0.1, 0.15) is 16.1 Å². The van der Waals surface area contributed by atoms with Gasteiger partial charge in [0, 0.05) is 6.07 Å². The zero-order valence-electron chi connectivity index (χ0n) is 9.47. The zero-order chi connectivity index (χ0) is 15.1. The molecule has 0 aliphatic heterocycles. The fourth-order valence-electron chi connectivity index (χ4n) is 1.53. The number of hydrogen-bond donors (Lipinski definition) is 3. The third-order valence-electron chi connectivity index (χ3n) is 2.39. The van der Waals surface area contributed by atoms with Gasteiger partial charge in [0.2, 0.25) is 0 Å². The first-order valence-corrected chi connectivity index (χ1v) is 5.03. The molecule has 3 N–H and O–H groups in total. The van der Waals surface area contributed by atoms with Crippen LogP contribution in [-0.4, -0.2) is 26.4 Å². The lowest BCUT2D eigenvalue weighted by Gasteiger charge is -2.11. The lowest BCUT2D eigenvalue weighted by atomic mass is 10.1. The summed E-state index contributed by atoms with van der Waals surface area (Å²) in [5.74, 6) is -3.82. The molecule has 0 saturated heterocycles. The van der Waals surface area contributed by atoms with E-state index in [0.29, 0.717) is 6.07 Å². The monoisotopic (exact) mass is 289 g/mol. The number of benzene rings is 1. The van der Waals surface area contributed by atoms with Gasteiger partial charge in [0.15, 0.2) is 11.5 Å². The molecule has 0 saturated carbocycles. The average Bonchev–Trinajstić information content (AvgIpc) is 2.79. The van der Waals surface area contributed by atoms with Crippen LogP contribution in [0.3, 0.4) is 0 Å². The van der Waals surface area contributed by atoms with Crippen LogP contribution in [0, 0.1) is 0 Å². The maximum absolute atomic E-state index is 12.6. The molecule has 1 aromatic heterocycles. The number of aromatic hydroxyl groups is 2. The average molecular weight is 289 g/mol. The van der Waals surface area contributed by atoms with Gasteiger partial charge in [0.25, 0.3) is 0 Å². The van der Waals surface area contributed by atoms with Crippen molar-refractivity contribution < 1.29 is 37.8 Å². The van der Waals surface area contributed by atoms with E-state index in [0.717, 1.165) is 12.1 Å². The Labute approximate surface area is 108 Å². The van der Waals surface area contributed by atoms with E-state index < -0.39 is 46.2 Å². The molecule has 2 aromatic rings. The van der Waals surface area contributed by atoms with E-state index in [-0.39, 0.29) is 0 Å². The predicted molar refractivity (Wildman–Crippen MR) is 57.2 cm³/mol. The van der Waals surface area contributed by atoms with Crippen LogP contribution in [0.5, 0.6) is 11.5 Å². The lowest BCUT2D eigenvalue weighted by Crippen LogP contribution is -2.05. The van der Waals surface area contributed by atoms with Gasteiger partial charge in [-0.2, -0.15) is 13.2 Å². The Kier molecular flexibility index (Phi) is 3.04. The normalized spacial score (nSPS) is 11.6. The van der Waals surface area contributed by atoms with Crippen LogP contribution in [0.25, 0.3) is 11.3 Å². The van der Waals surface area contributed by atoms with Gasteiger partial charge >= 0.3 is 12.1 Å². The number of carboxylic acids is 1. The summed E-state index contributed by atoms with van der Waals surface area (Å²) in [5, 5.41) is 30.6. The third kappa shape index (κ3) is 2.37. The molecular weight excluding hydrogens is 283 g/mol. The fraction of sp³-hybridized carbons (Fsp3) is 0.0909. The van der Waals surface area contributed by atoms with Crippen molar-refractivity contribution in [2.75, 3.05) is 0 Å². The molecule has 6 nitrogen and oxygen atoms in total. The SMILES string of the molecule is O=C(O)c1cc(-c2cc(O)cc(C(F)(F)F)c2O)on1. The van der Waals surface area contributed by atoms with Gasteiger partial charge in [-0.05, 0) is 12.1 Å². The highest BCUT2D eigenvalue weighted by Crippen LogP contribution is 2.43. The van der Waals surface area contributed by atoms with Crippen molar-refractivity contribution in [3.63, 3.8) is 0 Å². The standard InChI is InChI=1S/C11H6F3NO5/c12-11(13,14)6-2-4(16)1-5(9(6)17)8-3-7(10(18)19)15-20-8/h1-3,16-17H,(H,18,19). The minimum atomic E-state index is -4.90. The van der Waals surface area contributed by atoms with Crippen LogP contribution in [-0.2, 0) is 6.18 Å². The number of carbonyl (C=O) groups is 1. The Bertz CT molecular complexity index is 677. The van der Waals surface area contributed by atoms with E-state index >= 15 is 0 Å². The second kappa shape index (κ2) is 4.44. The number of phenolic OH excluding ortho intramolecular Hbond substituents is 2. The Balaban J connectivity index is 2.62. The summed E-state index contributed by atoms with van der Waals surface area (Å²) in [6, 6.07) is 1.97. The number of alkyl halides is 3. The highest BCUT2D eigenvalue weighted by atomic mass is 19.4. The summed E-state index contributed by atoms with van der Waals surface area (Å²) in [5.41, 5.74) is -2.53. The van der Waals surface area contributed by atoms with Gasteiger partial charge < -0.3 is 19.8 Å². The summed E-state index contributed by atoms with van der Waals surface area (Å²) in [6.07, 6.45) is -4.90. The summed E-state index contributed by atoms with van der Waals surface area (Å²) >= 11 is 0. The minimum Gasteiger partial charge on any atom is -0.508 e. The summed E-state index contributed by atoms with van der Waals surface area (Å²) < 4.78 is 42.5. The van der Waals surface area contributed by atoms with Crippen LogP contribution in [0.4, 0.5) is 13.2 Å². The van der Waals surface area contributed by atoms with Gasteiger partial charge in [-0.3, -0.25) is 0 Å². The summed E-state index contributed by atoms with van der Waals surface area (Å²) in [6.45, 7) is 0. The van der Waals surface area contributed by atoms with Crippen LogP contribution in [0.2, 0.25) is 0 Å². The first kappa shape index (κ1) is 13.7. The highest BCUT2D eigenvalue weighted by Gasteiger charge is 2.36. The third-order valence-corrected chi connectivity index (χ3v) is 2.39. The zero-order valence-corrected chi connectivity index (χ0v) is 9.47. The van der Waals surface area contributed by atoms with Crippen molar-refractivity contribution in [1.29, 1.82) is 0 Å². The van der Waals surface area contributed by atoms with Crippen molar-refractivity contribution in [2.24, 2.45) is 0 Å². The molecule has 20 heavy (non-hydrogen) atoms. The molecule has 9 heteroatoms. The number of carboxylic acid groups (broad SMARTS) is 1. The maximum atomic E-state index is 12.6. The van der Waals surface area contributed by atoms with Gasteiger partial charge in [-0.15, -0.1) is 0 Å². The van der Waals surface area contributed by atoms with E-state index in [2.05, 4.69) is 9.68 Å². The predicted octanol–water partition coefficient (Wildman–Crippen LogP) is 2.47. The van der Waals surface area contributed by atoms with Gasteiger partial charge in [-0.1, -0.05) is 5.16 Å². The molecular formula is C11H6F3NO5. The number of rotatable bonds is 2. The van der Waals surface area contributed by atoms with Crippen molar-refractivity contribution in [3.8, 4) is 22.8 Å². The van der Waals surface area contributed by atoms with Crippen molar-refractivity contribution in [2.45, 2.75) is 6.18 Å². The number of hydrogen-bond acceptors (Lipinski definition) is 5. The number of aromatic carboxylic acids is 1. The topological polar surface area (TPSA) is 104 Å². The second-order valence-corrected chi connectivity index (χ2v) is 3.77. The van der Waals surface area contributed by atoms with E-state index in [1.165, 1.54) is 0 Å². The van der Waals surface area contributed by atoms with Gasteiger partial charge in [-0.25, -0.2) is 4.79 Å². The Morgan fingerprint density at radius 2 is 1.85 bits per heavy atom. The number of aromatic nitrogens is 1. The Morgan fingerprint density at radius 3 is 2.35 bits per heavy atom.